The van der Waals surface area contributed by atoms with Crippen molar-refractivity contribution < 1.29 is 4.79 Å². The molecule has 0 aromatic rings. The normalized spacial score (nSPS) is 23.9. The number of allylic oxidation sites excluding steroid dienone is 2. The minimum Gasteiger partial charge on any atom is -0.385 e. The number of carbonyl (C=O) groups excluding carboxylic acids is 1. The molecule has 0 spiro atoms. The van der Waals surface area contributed by atoms with Gasteiger partial charge in [0, 0.05) is 24.2 Å². The minimum atomic E-state index is 0.239. The molecule has 0 saturated carbocycles. The van der Waals surface area contributed by atoms with E-state index in [0.717, 1.165) is 12.1 Å². The van der Waals surface area contributed by atoms with Gasteiger partial charge in [-0.25, -0.2) is 0 Å². The van der Waals surface area contributed by atoms with E-state index in [4.69, 9.17) is 0 Å². The maximum atomic E-state index is 11.2. The Hall–Kier alpha value is -0.790. The predicted molar refractivity (Wildman–Crippen MR) is 59.1 cm³/mol. The van der Waals surface area contributed by atoms with Gasteiger partial charge in [-0.1, -0.05) is 26.7 Å². The third-order valence-electron chi connectivity index (χ3n) is 2.74. The van der Waals surface area contributed by atoms with Gasteiger partial charge in [0.25, 0.3) is 0 Å². The topological polar surface area (TPSA) is 29.1 Å². The summed E-state index contributed by atoms with van der Waals surface area (Å²) in [5.74, 6) is 0.239. The van der Waals surface area contributed by atoms with Crippen LogP contribution in [0.25, 0.3) is 0 Å². The summed E-state index contributed by atoms with van der Waals surface area (Å²) in [7, 11) is 0. The summed E-state index contributed by atoms with van der Waals surface area (Å²) in [5.41, 5.74) is 1.15. The van der Waals surface area contributed by atoms with Crippen molar-refractivity contribution in [2.45, 2.75) is 58.4 Å². The van der Waals surface area contributed by atoms with Gasteiger partial charge in [0.05, 0.1) is 0 Å². The smallest absolute Gasteiger partial charge is 0.157 e. The fourth-order valence-corrected chi connectivity index (χ4v) is 1.81. The maximum absolute atomic E-state index is 11.2. The molecule has 1 rings (SSSR count). The molecule has 0 aliphatic carbocycles. The molecule has 1 aliphatic heterocycles. The number of ketones is 1. The lowest BCUT2D eigenvalue weighted by Crippen LogP contribution is -2.20. The molecule has 0 bridgehead atoms. The summed E-state index contributed by atoms with van der Waals surface area (Å²) < 4.78 is 0. The Bertz CT molecular complexity index is 220. The Morgan fingerprint density at radius 1 is 1.57 bits per heavy atom. The fraction of sp³-hybridized carbons (Fsp3) is 0.750. The highest BCUT2D eigenvalue weighted by atomic mass is 16.1. The van der Waals surface area contributed by atoms with Crippen molar-refractivity contribution in [3.8, 4) is 0 Å². The van der Waals surface area contributed by atoms with Gasteiger partial charge in [-0.3, -0.25) is 4.79 Å². The quantitative estimate of drug-likeness (QED) is 0.683. The van der Waals surface area contributed by atoms with E-state index in [-0.39, 0.29) is 5.78 Å². The van der Waals surface area contributed by atoms with E-state index in [1.54, 1.807) is 6.08 Å². The number of unbranched alkanes of at least 4 members (excludes halogenated alkanes) is 1. The van der Waals surface area contributed by atoms with Gasteiger partial charge in [0.1, 0.15) is 0 Å². The summed E-state index contributed by atoms with van der Waals surface area (Å²) in [6.45, 7) is 4.12. The lowest BCUT2D eigenvalue weighted by Gasteiger charge is -2.09. The third-order valence-corrected chi connectivity index (χ3v) is 2.74. The highest BCUT2D eigenvalue weighted by Crippen LogP contribution is 2.19. The molecule has 80 valence electrons. The molecule has 0 radical (unpaired) electrons. The van der Waals surface area contributed by atoms with Gasteiger partial charge < -0.3 is 5.32 Å². The van der Waals surface area contributed by atoms with Crippen molar-refractivity contribution in [1.82, 2.24) is 5.32 Å². The van der Waals surface area contributed by atoms with E-state index in [0.29, 0.717) is 12.5 Å². The summed E-state index contributed by atoms with van der Waals surface area (Å²) in [4.78, 5) is 11.2. The van der Waals surface area contributed by atoms with Crippen molar-refractivity contribution >= 4 is 5.78 Å². The van der Waals surface area contributed by atoms with Crippen LogP contribution in [0.1, 0.15) is 52.4 Å². The average molecular weight is 195 g/mol. The average Bonchev–Trinajstić information content (AvgIpc) is 2.62. The molecule has 0 aromatic carbocycles. The molecule has 0 amide bonds. The molecule has 14 heavy (non-hydrogen) atoms. The van der Waals surface area contributed by atoms with Gasteiger partial charge in [-0.05, 0) is 19.3 Å². The summed E-state index contributed by atoms with van der Waals surface area (Å²) in [6, 6.07) is 0.617. The van der Waals surface area contributed by atoms with E-state index in [1.807, 2.05) is 6.92 Å². The van der Waals surface area contributed by atoms with Crippen LogP contribution in [0.15, 0.2) is 11.8 Å². The Morgan fingerprint density at radius 3 is 3.00 bits per heavy atom. The second kappa shape index (κ2) is 5.84. The van der Waals surface area contributed by atoms with Crippen LogP contribution in [0.4, 0.5) is 0 Å². The Kier molecular flexibility index (Phi) is 4.71. The van der Waals surface area contributed by atoms with E-state index in [1.165, 1.54) is 25.7 Å². The van der Waals surface area contributed by atoms with E-state index in [2.05, 4.69) is 12.2 Å². The highest BCUT2D eigenvalue weighted by Gasteiger charge is 2.17. The molecule has 2 heteroatoms. The van der Waals surface area contributed by atoms with Crippen LogP contribution < -0.4 is 5.32 Å². The highest BCUT2D eigenvalue weighted by molar-refractivity contribution is 5.89. The van der Waals surface area contributed by atoms with Gasteiger partial charge in [-0.2, -0.15) is 0 Å². The van der Waals surface area contributed by atoms with Crippen LogP contribution in [0.2, 0.25) is 0 Å². The number of hydrogen-bond donors (Lipinski definition) is 1. The molecular weight excluding hydrogens is 174 g/mol. The second-order valence-electron chi connectivity index (χ2n) is 4.01. The second-order valence-corrected chi connectivity index (χ2v) is 4.01. The van der Waals surface area contributed by atoms with Crippen LogP contribution in [0.3, 0.4) is 0 Å². The number of rotatable bonds is 5. The van der Waals surface area contributed by atoms with Crippen molar-refractivity contribution in [2.75, 3.05) is 0 Å². The van der Waals surface area contributed by atoms with Crippen molar-refractivity contribution in [2.24, 2.45) is 0 Å². The summed E-state index contributed by atoms with van der Waals surface area (Å²) in [6.07, 6.45) is 8.44. The lowest BCUT2D eigenvalue weighted by atomic mass is 10.1. The number of nitrogens with one attached hydrogen (secondary N) is 1. The molecule has 1 N–H and O–H groups in total. The SMILES string of the molecule is CCCCC1CC/C(=C\C(=O)CC)N1. The molecule has 1 fully saturated rings. The zero-order valence-electron chi connectivity index (χ0n) is 9.31. The first-order chi connectivity index (χ1) is 6.76. The van der Waals surface area contributed by atoms with Crippen LogP contribution in [-0.4, -0.2) is 11.8 Å². The predicted octanol–water partition coefficient (Wildman–Crippen LogP) is 2.79. The van der Waals surface area contributed by atoms with Crippen molar-refractivity contribution in [3.63, 3.8) is 0 Å². The first-order valence-corrected chi connectivity index (χ1v) is 5.76. The fourth-order valence-electron chi connectivity index (χ4n) is 1.81. The summed E-state index contributed by atoms with van der Waals surface area (Å²) in [5, 5.41) is 3.43. The van der Waals surface area contributed by atoms with E-state index in [9.17, 15) is 4.79 Å². The van der Waals surface area contributed by atoms with Crippen molar-refractivity contribution in [1.29, 1.82) is 0 Å². The molecule has 1 unspecified atom stereocenters. The third kappa shape index (κ3) is 3.52. The molecule has 1 aliphatic rings. The minimum absolute atomic E-state index is 0.239. The monoisotopic (exact) mass is 195 g/mol. The Morgan fingerprint density at radius 2 is 2.36 bits per heavy atom. The first-order valence-electron chi connectivity index (χ1n) is 5.76. The number of hydrogen-bond acceptors (Lipinski definition) is 2. The van der Waals surface area contributed by atoms with E-state index >= 15 is 0 Å². The molecule has 0 aromatic heterocycles. The molecular formula is C12H21NO. The van der Waals surface area contributed by atoms with Crippen molar-refractivity contribution in [3.05, 3.63) is 11.8 Å². The largest absolute Gasteiger partial charge is 0.385 e. The zero-order chi connectivity index (χ0) is 10.4. The van der Waals surface area contributed by atoms with Gasteiger partial charge >= 0.3 is 0 Å². The molecule has 1 heterocycles. The lowest BCUT2D eigenvalue weighted by molar-refractivity contribution is -0.114. The molecule has 2 nitrogen and oxygen atoms in total. The van der Waals surface area contributed by atoms with Gasteiger partial charge in [0.15, 0.2) is 5.78 Å². The molecule has 1 saturated heterocycles. The standard InChI is InChI=1S/C12H21NO/c1-3-5-6-10-7-8-11(13-10)9-12(14)4-2/h9-10,13H,3-8H2,1-2H3/b11-9+. The molecule has 1 atom stereocenters. The van der Waals surface area contributed by atoms with Crippen LogP contribution >= 0.6 is 0 Å². The van der Waals surface area contributed by atoms with Gasteiger partial charge in [0.2, 0.25) is 0 Å². The number of carbonyl (C=O) groups is 1. The van der Waals surface area contributed by atoms with E-state index < -0.39 is 0 Å². The van der Waals surface area contributed by atoms with Crippen LogP contribution in [-0.2, 0) is 4.79 Å². The van der Waals surface area contributed by atoms with Crippen LogP contribution in [0.5, 0.6) is 0 Å². The maximum Gasteiger partial charge on any atom is 0.157 e. The first kappa shape index (κ1) is 11.3. The Balaban J connectivity index is 2.33. The van der Waals surface area contributed by atoms with Crippen LogP contribution in [0, 0.1) is 0 Å². The van der Waals surface area contributed by atoms with Gasteiger partial charge in [-0.15, -0.1) is 0 Å². The Labute approximate surface area is 86.8 Å². The zero-order valence-corrected chi connectivity index (χ0v) is 9.31. The summed E-state index contributed by atoms with van der Waals surface area (Å²) >= 11 is 0.